The van der Waals surface area contributed by atoms with E-state index in [0.717, 1.165) is 10.5 Å². The van der Waals surface area contributed by atoms with Gasteiger partial charge in [0.15, 0.2) is 0 Å². The van der Waals surface area contributed by atoms with Gasteiger partial charge in [0.2, 0.25) is 5.91 Å². The van der Waals surface area contributed by atoms with E-state index in [0.29, 0.717) is 22.6 Å². The highest BCUT2D eigenvalue weighted by Crippen LogP contribution is 2.34. The number of aryl methyl sites for hydroxylation is 2. The van der Waals surface area contributed by atoms with Crippen LogP contribution in [-0.2, 0) is 15.1 Å². The maximum absolute atomic E-state index is 13.0. The van der Waals surface area contributed by atoms with Crippen LogP contribution in [-0.4, -0.2) is 41.5 Å². The molecule has 1 fully saturated rings. The molecule has 1 unspecified atom stereocenters. The van der Waals surface area contributed by atoms with Crippen LogP contribution in [0.4, 0.5) is 10.5 Å². The van der Waals surface area contributed by atoms with Crippen LogP contribution in [0, 0.1) is 13.8 Å². The molecular weight excluding hydrogens is 374 g/mol. The second-order valence-electron chi connectivity index (χ2n) is 7.15. The van der Waals surface area contributed by atoms with Crippen molar-refractivity contribution in [3.63, 3.8) is 0 Å². The molecule has 8 nitrogen and oxygen atoms in total. The van der Waals surface area contributed by atoms with Gasteiger partial charge in [0.05, 0.1) is 7.11 Å². The van der Waals surface area contributed by atoms with Crippen LogP contribution in [0.25, 0.3) is 0 Å². The van der Waals surface area contributed by atoms with Crippen LogP contribution in [0.5, 0.6) is 11.5 Å². The van der Waals surface area contributed by atoms with Crippen molar-refractivity contribution in [2.45, 2.75) is 26.3 Å². The number of benzene rings is 2. The molecular formula is C21H23N3O5. The average Bonchev–Trinajstić information content (AvgIpc) is 2.90. The number of rotatable bonds is 5. The summed E-state index contributed by atoms with van der Waals surface area (Å²) in [5.74, 6) is -0.597. The van der Waals surface area contributed by atoms with E-state index < -0.39 is 29.9 Å². The molecule has 1 saturated heterocycles. The van der Waals surface area contributed by atoms with Gasteiger partial charge in [-0.3, -0.25) is 14.5 Å². The first kappa shape index (κ1) is 20.2. The van der Waals surface area contributed by atoms with Crippen molar-refractivity contribution in [3.05, 3.63) is 53.1 Å². The molecule has 2 aromatic carbocycles. The van der Waals surface area contributed by atoms with Gasteiger partial charge in [-0.1, -0.05) is 24.3 Å². The quantitative estimate of drug-likeness (QED) is 0.672. The van der Waals surface area contributed by atoms with E-state index in [2.05, 4.69) is 10.6 Å². The molecule has 152 valence electrons. The Balaban J connectivity index is 1.80. The molecule has 0 spiro atoms. The van der Waals surface area contributed by atoms with E-state index in [9.17, 15) is 19.5 Å². The van der Waals surface area contributed by atoms with Gasteiger partial charge in [-0.2, -0.15) is 0 Å². The Morgan fingerprint density at radius 2 is 1.90 bits per heavy atom. The van der Waals surface area contributed by atoms with Gasteiger partial charge in [-0.05, 0) is 38.0 Å². The van der Waals surface area contributed by atoms with E-state index in [1.54, 1.807) is 51.1 Å². The molecule has 3 rings (SSSR count). The number of hydrogen-bond donors (Lipinski definition) is 3. The molecule has 1 aliphatic heterocycles. The molecule has 8 heteroatoms. The number of para-hydroxylation sites is 1. The number of amides is 4. The maximum atomic E-state index is 13.0. The Morgan fingerprint density at radius 3 is 2.59 bits per heavy atom. The van der Waals surface area contributed by atoms with Crippen LogP contribution in [0.1, 0.15) is 23.6 Å². The first-order chi connectivity index (χ1) is 13.7. The SMILES string of the molecule is COc1ccccc1C1(C)NC(=O)N(CC(=O)Nc2cc(O)c(C)cc2C)C1=O. The van der Waals surface area contributed by atoms with Crippen molar-refractivity contribution < 1.29 is 24.2 Å². The Kier molecular flexibility index (Phi) is 5.19. The predicted molar refractivity (Wildman–Crippen MR) is 107 cm³/mol. The summed E-state index contributed by atoms with van der Waals surface area (Å²) in [4.78, 5) is 38.8. The third kappa shape index (κ3) is 3.61. The lowest BCUT2D eigenvalue weighted by Crippen LogP contribution is -2.42. The summed E-state index contributed by atoms with van der Waals surface area (Å²) < 4.78 is 5.31. The van der Waals surface area contributed by atoms with Crippen molar-refractivity contribution in [2.24, 2.45) is 0 Å². The van der Waals surface area contributed by atoms with E-state index in [4.69, 9.17) is 4.74 Å². The van der Waals surface area contributed by atoms with Crippen LogP contribution in [0.3, 0.4) is 0 Å². The number of anilines is 1. The molecule has 0 aliphatic carbocycles. The summed E-state index contributed by atoms with van der Waals surface area (Å²) in [6, 6.07) is 9.40. The van der Waals surface area contributed by atoms with Crippen molar-refractivity contribution in [1.29, 1.82) is 0 Å². The molecule has 0 bridgehead atoms. The zero-order valence-corrected chi connectivity index (χ0v) is 16.7. The maximum Gasteiger partial charge on any atom is 0.325 e. The van der Waals surface area contributed by atoms with E-state index in [1.165, 1.54) is 13.2 Å². The number of phenols is 1. The van der Waals surface area contributed by atoms with Crippen LogP contribution < -0.4 is 15.4 Å². The first-order valence-electron chi connectivity index (χ1n) is 9.05. The summed E-state index contributed by atoms with van der Waals surface area (Å²) in [5.41, 5.74) is 1.01. The van der Waals surface area contributed by atoms with Gasteiger partial charge < -0.3 is 20.5 Å². The van der Waals surface area contributed by atoms with Gasteiger partial charge in [0.1, 0.15) is 23.6 Å². The van der Waals surface area contributed by atoms with E-state index in [1.807, 2.05) is 0 Å². The highest BCUT2D eigenvalue weighted by atomic mass is 16.5. The molecule has 3 N–H and O–H groups in total. The molecule has 1 atom stereocenters. The highest BCUT2D eigenvalue weighted by molar-refractivity contribution is 6.10. The van der Waals surface area contributed by atoms with E-state index in [-0.39, 0.29) is 5.75 Å². The molecule has 0 aromatic heterocycles. The van der Waals surface area contributed by atoms with Crippen molar-refractivity contribution in [3.8, 4) is 11.5 Å². The van der Waals surface area contributed by atoms with Gasteiger partial charge in [0.25, 0.3) is 5.91 Å². The smallest absolute Gasteiger partial charge is 0.325 e. The molecule has 4 amide bonds. The molecule has 29 heavy (non-hydrogen) atoms. The minimum Gasteiger partial charge on any atom is -0.508 e. The average molecular weight is 397 g/mol. The number of imide groups is 1. The topological polar surface area (TPSA) is 108 Å². The lowest BCUT2D eigenvalue weighted by molar-refractivity contribution is -0.133. The van der Waals surface area contributed by atoms with Crippen molar-refractivity contribution in [1.82, 2.24) is 10.2 Å². The number of hydrogen-bond acceptors (Lipinski definition) is 5. The van der Waals surface area contributed by atoms with Crippen molar-refractivity contribution >= 4 is 23.5 Å². The van der Waals surface area contributed by atoms with Crippen LogP contribution >= 0.6 is 0 Å². The molecule has 1 heterocycles. The number of nitrogens with one attached hydrogen (secondary N) is 2. The second kappa shape index (κ2) is 7.46. The lowest BCUT2D eigenvalue weighted by Gasteiger charge is -2.24. The van der Waals surface area contributed by atoms with Crippen LogP contribution in [0.2, 0.25) is 0 Å². The largest absolute Gasteiger partial charge is 0.508 e. The third-order valence-electron chi connectivity index (χ3n) is 5.04. The Morgan fingerprint density at radius 1 is 1.21 bits per heavy atom. The number of urea groups is 1. The van der Waals surface area contributed by atoms with E-state index >= 15 is 0 Å². The monoisotopic (exact) mass is 397 g/mol. The summed E-state index contributed by atoms with van der Waals surface area (Å²) in [6.45, 7) is 4.66. The molecule has 0 saturated carbocycles. The molecule has 1 aliphatic rings. The normalized spacial score (nSPS) is 18.6. The Hall–Kier alpha value is -3.55. The number of ether oxygens (including phenoxy) is 1. The number of methoxy groups -OCH3 is 1. The van der Waals surface area contributed by atoms with Gasteiger partial charge >= 0.3 is 6.03 Å². The number of aromatic hydroxyl groups is 1. The third-order valence-corrected chi connectivity index (χ3v) is 5.04. The fourth-order valence-electron chi connectivity index (χ4n) is 3.39. The molecule has 2 aromatic rings. The fraction of sp³-hybridized carbons (Fsp3) is 0.286. The Bertz CT molecular complexity index is 1000. The number of carbonyl (C=O) groups is 3. The first-order valence-corrected chi connectivity index (χ1v) is 9.05. The minimum atomic E-state index is -1.35. The zero-order chi connectivity index (χ0) is 21.3. The van der Waals surface area contributed by atoms with Gasteiger partial charge in [0, 0.05) is 17.3 Å². The lowest BCUT2D eigenvalue weighted by atomic mass is 9.91. The molecule has 0 radical (unpaired) electrons. The summed E-state index contributed by atoms with van der Waals surface area (Å²) in [5, 5.41) is 15.2. The van der Waals surface area contributed by atoms with Gasteiger partial charge in [-0.15, -0.1) is 0 Å². The summed E-state index contributed by atoms with van der Waals surface area (Å²) in [6.07, 6.45) is 0. The zero-order valence-electron chi connectivity index (χ0n) is 16.7. The minimum absolute atomic E-state index is 0.0460. The Labute approximate surface area is 168 Å². The number of phenolic OH excluding ortho intramolecular Hbond substituents is 1. The van der Waals surface area contributed by atoms with Crippen LogP contribution in [0.15, 0.2) is 36.4 Å². The highest BCUT2D eigenvalue weighted by Gasteiger charge is 2.50. The number of carbonyl (C=O) groups excluding carboxylic acids is 3. The van der Waals surface area contributed by atoms with Crippen molar-refractivity contribution in [2.75, 3.05) is 19.0 Å². The number of nitrogens with zero attached hydrogens (tertiary/aromatic N) is 1. The summed E-state index contributed by atoms with van der Waals surface area (Å²) in [7, 11) is 1.48. The standard InChI is InChI=1S/C21H23N3O5/c1-12-9-13(2)16(25)10-15(12)22-18(26)11-24-19(27)21(3,23-20(24)28)14-7-5-6-8-17(14)29-4/h5-10,25H,11H2,1-4H3,(H,22,26)(H,23,28). The fourth-order valence-corrected chi connectivity index (χ4v) is 3.39. The second-order valence-corrected chi connectivity index (χ2v) is 7.15. The van der Waals surface area contributed by atoms with Gasteiger partial charge in [-0.25, -0.2) is 4.79 Å². The predicted octanol–water partition coefficient (Wildman–Crippen LogP) is 2.42. The summed E-state index contributed by atoms with van der Waals surface area (Å²) >= 11 is 0.